The van der Waals surface area contributed by atoms with E-state index in [0.29, 0.717) is 49.7 Å². The molecule has 6 heteroatoms. The zero-order valence-corrected chi connectivity index (χ0v) is 15.0. The van der Waals surface area contributed by atoms with Crippen molar-refractivity contribution in [2.75, 3.05) is 48.3 Å². The molecule has 0 bridgehead atoms. The number of nitrogens with zero attached hydrogens (tertiary/aromatic N) is 2. The quantitative estimate of drug-likeness (QED) is 0.657. The van der Waals surface area contributed by atoms with Gasteiger partial charge in [0.2, 0.25) is 0 Å². The molecule has 2 N–H and O–H groups in total. The molecular weight excluding hydrogens is 333 g/mol. The predicted molar refractivity (Wildman–Crippen MR) is 102 cm³/mol. The van der Waals surface area contributed by atoms with E-state index in [0.717, 1.165) is 12.1 Å². The number of rotatable bonds is 5. The summed E-state index contributed by atoms with van der Waals surface area (Å²) >= 11 is 0. The van der Waals surface area contributed by atoms with Gasteiger partial charge in [0.25, 0.3) is 0 Å². The van der Waals surface area contributed by atoms with Gasteiger partial charge < -0.3 is 20.3 Å². The van der Waals surface area contributed by atoms with E-state index in [9.17, 15) is 9.18 Å². The topological polar surface area (TPSA) is 58.8 Å². The van der Waals surface area contributed by atoms with Gasteiger partial charge in [0.05, 0.1) is 23.5 Å². The lowest BCUT2D eigenvalue weighted by Crippen LogP contribution is -2.47. The Bertz CT molecular complexity index is 773. The second kappa shape index (κ2) is 8.08. The third-order valence-corrected chi connectivity index (χ3v) is 4.49. The average Bonchev–Trinajstić information content (AvgIpc) is 2.66. The first-order valence-corrected chi connectivity index (χ1v) is 8.91. The Kier molecular flexibility index (Phi) is 5.61. The van der Waals surface area contributed by atoms with E-state index in [1.807, 2.05) is 24.0 Å². The number of anilines is 3. The summed E-state index contributed by atoms with van der Waals surface area (Å²) in [4.78, 5) is 16.5. The van der Waals surface area contributed by atoms with Gasteiger partial charge in [0.15, 0.2) is 0 Å². The smallest absolute Gasteiger partial charge is 0.340 e. The zero-order valence-electron chi connectivity index (χ0n) is 15.0. The third kappa shape index (κ3) is 3.90. The van der Waals surface area contributed by atoms with E-state index in [1.54, 1.807) is 24.3 Å². The second-order valence-electron chi connectivity index (χ2n) is 6.34. The van der Waals surface area contributed by atoms with Crippen LogP contribution in [0.15, 0.2) is 42.5 Å². The zero-order chi connectivity index (χ0) is 18.5. The fraction of sp³-hybridized carbons (Fsp3) is 0.350. The number of carbonyl (C=O) groups excluding carboxylic acids is 1. The fourth-order valence-electron chi connectivity index (χ4n) is 3.16. The molecule has 0 saturated carbocycles. The molecule has 5 nitrogen and oxygen atoms in total. The van der Waals surface area contributed by atoms with Crippen LogP contribution in [0.3, 0.4) is 0 Å². The Morgan fingerprint density at radius 3 is 2.38 bits per heavy atom. The number of hydrogen-bond acceptors (Lipinski definition) is 5. The lowest BCUT2D eigenvalue weighted by molar-refractivity contribution is 0.0506. The standard InChI is InChI=1S/C20H24FN3O2/c1-2-13-26-20(25)16-14-15(22)7-8-18(16)23-9-11-24(12-10-23)19-6-4-3-5-17(19)21/h3-8,14H,2,9-13,22H2,1H3. The van der Waals surface area contributed by atoms with Crippen LogP contribution >= 0.6 is 0 Å². The van der Waals surface area contributed by atoms with E-state index in [4.69, 9.17) is 10.5 Å². The van der Waals surface area contributed by atoms with Crippen LogP contribution in [0.4, 0.5) is 21.5 Å². The molecule has 0 aliphatic carbocycles. The summed E-state index contributed by atoms with van der Waals surface area (Å²) < 4.78 is 19.3. The average molecular weight is 357 g/mol. The molecule has 0 amide bonds. The Hall–Kier alpha value is -2.76. The number of carbonyl (C=O) groups is 1. The van der Waals surface area contributed by atoms with Gasteiger partial charge in [0, 0.05) is 31.9 Å². The first kappa shape index (κ1) is 18.0. The van der Waals surface area contributed by atoms with Crippen LogP contribution in [0.1, 0.15) is 23.7 Å². The number of benzene rings is 2. The van der Waals surface area contributed by atoms with Crippen molar-refractivity contribution in [1.29, 1.82) is 0 Å². The Balaban J connectivity index is 1.75. The van der Waals surface area contributed by atoms with Crippen LogP contribution in [0.2, 0.25) is 0 Å². The van der Waals surface area contributed by atoms with Crippen molar-refractivity contribution in [1.82, 2.24) is 0 Å². The summed E-state index contributed by atoms with van der Waals surface area (Å²) in [7, 11) is 0. The first-order valence-electron chi connectivity index (χ1n) is 8.91. The highest BCUT2D eigenvalue weighted by atomic mass is 19.1. The van der Waals surface area contributed by atoms with Crippen LogP contribution in [0.5, 0.6) is 0 Å². The molecule has 1 aliphatic rings. The Labute approximate surface area is 153 Å². The molecule has 26 heavy (non-hydrogen) atoms. The number of ether oxygens (including phenoxy) is 1. The number of nitrogens with two attached hydrogens (primary N) is 1. The van der Waals surface area contributed by atoms with Gasteiger partial charge in [-0.1, -0.05) is 19.1 Å². The number of halogens is 1. The van der Waals surface area contributed by atoms with Crippen molar-refractivity contribution < 1.29 is 13.9 Å². The Morgan fingerprint density at radius 2 is 1.73 bits per heavy atom. The molecule has 1 saturated heterocycles. The van der Waals surface area contributed by atoms with Crippen molar-refractivity contribution in [2.45, 2.75) is 13.3 Å². The summed E-state index contributed by atoms with van der Waals surface area (Å²) in [5.41, 5.74) is 8.31. The maximum atomic E-state index is 14.0. The maximum absolute atomic E-state index is 14.0. The summed E-state index contributed by atoms with van der Waals surface area (Å²) in [5.74, 6) is -0.567. The summed E-state index contributed by atoms with van der Waals surface area (Å²) in [6.07, 6.45) is 0.769. The van der Waals surface area contributed by atoms with E-state index >= 15 is 0 Å². The lowest BCUT2D eigenvalue weighted by Gasteiger charge is -2.38. The van der Waals surface area contributed by atoms with Crippen LogP contribution in [0, 0.1) is 5.82 Å². The molecule has 0 atom stereocenters. The highest BCUT2D eigenvalue weighted by Crippen LogP contribution is 2.27. The van der Waals surface area contributed by atoms with Gasteiger partial charge in [-0.2, -0.15) is 0 Å². The highest BCUT2D eigenvalue weighted by molar-refractivity contribution is 5.97. The minimum atomic E-state index is -0.356. The number of piperazine rings is 1. The van der Waals surface area contributed by atoms with Crippen molar-refractivity contribution in [3.63, 3.8) is 0 Å². The minimum Gasteiger partial charge on any atom is -0.462 e. The molecule has 2 aromatic rings. The van der Waals surface area contributed by atoms with Gasteiger partial charge in [-0.3, -0.25) is 0 Å². The monoisotopic (exact) mass is 357 g/mol. The maximum Gasteiger partial charge on any atom is 0.340 e. The molecular formula is C20H24FN3O2. The molecule has 0 spiro atoms. The molecule has 1 heterocycles. The summed E-state index contributed by atoms with van der Waals surface area (Å²) in [5, 5.41) is 0. The van der Waals surface area contributed by atoms with Crippen LogP contribution in [-0.2, 0) is 4.74 Å². The van der Waals surface area contributed by atoms with Crippen molar-refractivity contribution in [3.8, 4) is 0 Å². The summed E-state index contributed by atoms with van der Waals surface area (Å²) in [6, 6.07) is 12.1. The van der Waals surface area contributed by atoms with E-state index in [1.165, 1.54) is 6.07 Å². The van der Waals surface area contributed by atoms with Crippen molar-refractivity contribution in [3.05, 3.63) is 53.8 Å². The molecule has 3 rings (SSSR count). The first-order chi connectivity index (χ1) is 12.6. The van der Waals surface area contributed by atoms with E-state index in [-0.39, 0.29) is 11.8 Å². The van der Waals surface area contributed by atoms with Crippen LogP contribution < -0.4 is 15.5 Å². The molecule has 0 aromatic heterocycles. The third-order valence-electron chi connectivity index (χ3n) is 4.49. The number of nitrogen functional groups attached to an aromatic ring is 1. The second-order valence-corrected chi connectivity index (χ2v) is 6.34. The molecule has 2 aromatic carbocycles. The van der Waals surface area contributed by atoms with Gasteiger partial charge >= 0.3 is 5.97 Å². The van der Waals surface area contributed by atoms with Crippen molar-refractivity contribution >= 4 is 23.0 Å². The van der Waals surface area contributed by atoms with E-state index in [2.05, 4.69) is 4.90 Å². The molecule has 1 aliphatic heterocycles. The Morgan fingerprint density at radius 1 is 1.08 bits per heavy atom. The van der Waals surface area contributed by atoms with Gasteiger partial charge in [0.1, 0.15) is 5.82 Å². The van der Waals surface area contributed by atoms with Gasteiger partial charge in [-0.25, -0.2) is 9.18 Å². The molecule has 138 valence electrons. The minimum absolute atomic E-state index is 0.211. The fourth-order valence-corrected chi connectivity index (χ4v) is 3.16. The molecule has 0 radical (unpaired) electrons. The number of para-hydroxylation sites is 1. The normalized spacial score (nSPS) is 14.4. The van der Waals surface area contributed by atoms with Gasteiger partial charge in [-0.15, -0.1) is 0 Å². The SMILES string of the molecule is CCCOC(=O)c1cc(N)ccc1N1CCN(c2ccccc2F)CC1. The summed E-state index contributed by atoms with van der Waals surface area (Å²) in [6.45, 7) is 5.06. The highest BCUT2D eigenvalue weighted by Gasteiger charge is 2.23. The number of hydrogen-bond donors (Lipinski definition) is 1. The van der Waals surface area contributed by atoms with Gasteiger partial charge in [-0.05, 0) is 36.8 Å². The van der Waals surface area contributed by atoms with Crippen molar-refractivity contribution in [2.24, 2.45) is 0 Å². The van der Waals surface area contributed by atoms with E-state index < -0.39 is 0 Å². The predicted octanol–water partition coefficient (Wildman–Crippen LogP) is 3.30. The number of esters is 1. The molecule has 1 fully saturated rings. The van der Waals surface area contributed by atoms with Crippen LogP contribution in [-0.4, -0.2) is 38.8 Å². The largest absolute Gasteiger partial charge is 0.462 e. The molecule has 0 unspecified atom stereocenters. The van der Waals surface area contributed by atoms with Crippen LogP contribution in [0.25, 0.3) is 0 Å². The lowest BCUT2D eigenvalue weighted by atomic mass is 10.1.